The summed E-state index contributed by atoms with van der Waals surface area (Å²) in [4.78, 5) is 2.51. The van der Waals surface area contributed by atoms with Crippen molar-refractivity contribution in [2.45, 2.75) is 39.2 Å². The van der Waals surface area contributed by atoms with Crippen molar-refractivity contribution in [1.29, 1.82) is 0 Å². The highest BCUT2D eigenvalue weighted by molar-refractivity contribution is 5.53. The van der Waals surface area contributed by atoms with E-state index in [2.05, 4.69) is 18.7 Å². The van der Waals surface area contributed by atoms with Crippen molar-refractivity contribution in [1.82, 2.24) is 4.90 Å². The van der Waals surface area contributed by atoms with Crippen molar-refractivity contribution in [3.63, 3.8) is 0 Å². The number of rotatable bonds is 5. The molecule has 0 aromatic heterocycles. The van der Waals surface area contributed by atoms with E-state index in [1.165, 1.54) is 31.5 Å². The molecule has 100 valence electrons. The largest absolute Gasteiger partial charge is 0.489 e. The highest BCUT2D eigenvalue weighted by Gasteiger charge is 2.13. The van der Waals surface area contributed by atoms with E-state index in [0.29, 0.717) is 0 Å². The molecule has 2 N–H and O–H groups in total. The van der Waals surface area contributed by atoms with Gasteiger partial charge in [-0.25, -0.2) is 0 Å². The van der Waals surface area contributed by atoms with Gasteiger partial charge >= 0.3 is 0 Å². The molecular formula is C15H24N2O. The van der Waals surface area contributed by atoms with E-state index in [0.717, 1.165) is 24.4 Å². The van der Waals surface area contributed by atoms with Crippen LogP contribution < -0.4 is 10.5 Å². The average Bonchev–Trinajstić information content (AvgIpc) is 2.84. The second-order valence-corrected chi connectivity index (χ2v) is 5.31. The molecule has 0 aliphatic carbocycles. The molecule has 1 unspecified atom stereocenters. The van der Waals surface area contributed by atoms with Crippen LogP contribution in [0.5, 0.6) is 5.75 Å². The Hall–Kier alpha value is -1.22. The van der Waals surface area contributed by atoms with E-state index >= 15 is 0 Å². The lowest BCUT2D eigenvalue weighted by Gasteiger charge is -2.20. The summed E-state index contributed by atoms with van der Waals surface area (Å²) in [7, 11) is 0. The zero-order valence-corrected chi connectivity index (χ0v) is 11.5. The van der Waals surface area contributed by atoms with Crippen LogP contribution in [0.25, 0.3) is 0 Å². The summed E-state index contributed by atoms with van der Waals surface area (Å²) in [6, 6.07) is 5.94. The van der Waals surface area contributed by atoms with E-state index in [4.69, 9.17) is 10.5 Å². The third-order valence-electron chi connectivity index (χ3n) is 3.55. The first-order valence-electron chi connectivity index (χ1n) is 6.90. The number of ether oxygens (including phenoxy) is 1. The Morgan fingerprint density at radius 2 is 2.06 bits per heavy atom. The van der Waals surface area contributed by atoms with Gasteiger partial charge in [0.2, 0.25) is 0 Å². The second-order valence-electron chi connectivity index (χ2n) is 5.31. The van der Waals surface area contributed by atoms with Crippen LogP contribution in [0.2, 0.25) is 0 Å². The molecule has 1 aromatic rings. The molecule has 3 heteroatoms. The molecule has 0 spiro atoms. The van der Waals surface area contributed by atoms with Crippen molar-refractivity contribution in [3.8, 4) is 5.75 Å². The van der Waals surface area contributed by atoms with Gasteiger partial charge in [0, 0.05) is 6.54 Å². The molecule has 0 bridgehead atoms. The van der Waals surface area contributed by atoms with E-state index in [1.54, 1.807) is 0 Å². The Bertz CT molecular complexity index is 386. The molecule has 1 atom stereocenters. The summed E-state index contributed by atoms with van der Waals surface area (Å²) in [6.45, 7) is 7.81. The molecule has 1 aromatic carbocycles. The smallest absolute Gasteiger partial charge is 0.142 e. The van der Waals surface area contributed by atoms with Gasteiger partial charge in [0.25, 0.3) is 0 Å². The summed E-state index contributed by atoms with van der Waals surface area (Å²) in [5, 5.41) is 0. The van der Waals surface area contributed by atoms with Gasteiger partial charge in [-0.15, -0.1) is 0 Å². The maximum absolute atomic E-state index is 5.93. The van der Waals surface area contributed by atoms with Gasteiger partial charge in [0.05, 0.1) is 11.8 Å². The van der Waals surface area contributed by atoms with Gasteiger partial charge < -0.3 is 15.4 Å². The van der Waals surface area contributed by atoms with Crippen LogP contribution >= 0.6 is 0 Å². The molecule has 0 saturated carbocycles. The van der Waals surface area contributed by atoms with E-state index in [9.17, 15) is 0 Å². The molecular weight excluding hydrogens is 224 g/mol. The van der Waals surface area contributed by atoms with Crippen molar-refractivity contribution in [3.05, 3.63) is 23.8 Å². The number of hydrogen-bond donors (Lipinski definition) is 1. The molecule has 3 nitrogen and oxygen atoms in total. The lowest BCUT2D eigenvalue weighted by Crippen LogP contribution is -2.25. The molecule has 1 aliphatic heterocycles. The fraction of sp³-hybridized carbons (Fsp3) is 0.600. The van der Waals surface area contributed by atoms with Crippen LogP contribution in [0.4, 0.5) is 5.69 Å². The number of anilines is 1. The van der Waals surface area contributed by atoms with Crippen molar-refractivity contribution in [2.24, 2.45) is 0 Å². The number of nitrogens with two attached hydrogens (primary N) is 1. The molecule has 0 radical (unpaired) electrons. The number of nitrogen functional groups attached to an aromatic ring is 1. The average molecular weight is 248 g/mol. The quantitative estimate of drug-likeness (QED) is 0.814. The minimum Gasteiger partial charge on any atom is -0.489 e. The summed E-state index contributed by atoms with van der Waals surface area (Å²) < 4.78 is 5.93. The number of hydrogen-bond acceptors (Lipinski definition) is 3. The molecule has 1 saturated heterocycles. The predicted octanol–water partition coefficient (Wildman–Crippen LogP) is 2.83. The van der Waals surface area contributed by atoms with Gasteiger partial charge in [-0.3, -0.25) is 0 Å². The topological polar surface area (TPSA) is 38.5 Å². The fourth-order valence-corrected chi connectivity index (χ4v) is 2.39. The third-order valence-corrected chi connectivity index (χ3v) is 3.55. The zero-order valence-electron chi connectivity index (χ0n) is 11.5. The first-order chi connectivity index (χ1) is 8.65. The van der Waals surface area contributed by atoms with Crippen LogP contribution in [0.15, 0.2) is 18.2 Å². The van der Waals surface area contributed by atoms with Gasteiger partial charge in [-0.1, -0.05) is 6.07 Å². The Morgan fingerprint density at radius 3 is 2.78 bits per heavy atom. The normalized spacial score (nSPS) is 17.9. The van der Waals surface area contributed by atoms with Gasteiger partial charge in [-0.05, 0) is 63.9 Å². The van der Waals surface area contributed by atoms with Crippen LogP contribution in [0.3, 0.4) is 0 Å². The highest BCUT2D eigenvalue weighted by Crippen LogP contribution is 2.24. The number of nitrogens with zero attached hydrogens (tertiary/aromatic N) is 1. The van der Waals surface area contributed by atoms with Gasteiger partial charge in [0.1, 0.15) is 5.75 Å². The van der Waals surface area contributed by atoms with Crippen LogP contribution in [-0.4, -0.2) is 30.6 Å². The molecule has 1 heterocycles. The lowest BCUT2D eigenvalue weighted by molar-refractivity contribution is 0.188. The van der Waals surface area contributed by atoms with Crippen LogP contribution in [0, 0.1) is 6.92 Å². The van der Waals surface area contributed by atoms with Crippen molar-refractivity contribution < 1.29 is 4.74 Å². The maximum atomic E-state index is 5.93. The third kappa shape index (κ3) is 3.64. The summed E-state index contributed by atoms with van der Waals surface area (Å²) in [6.07, 6.45) is 3.97. The summed E-state index contributed by atoms with van der Waals surface area (Å²) >= 11 is 0. The van der Waals surface area contributed by atoms with E-state index < -0.39 is 0 Å². The second kappa shape index (κ2) is 6.10. The first kappa shape index (κ1) is 13.2. The SMILES string of the molecule is Cc1ccc(N)c(OC(C)CCN2CCCC2)c1. The first-order valence-corrected chi connectivity index (χ1v) is 6.90. The fourth-order valence-electron chi connectivity index (χ4n) is 2.39. The maximum Gasteiger partial charge on any atom is 0.142 e. The van der Waals surface area contributed by atoms with Crippen LogP contribution in [0.1, 0.15) is 31.7 Å². The standard InChI is InChI=1S/C15H24N2O/c1-12-5-6-14(16)15(11-12)18-13(2)7-10-17-8-3-4-9-17/h5-6,11,13H,3-4,7-10,16H2,1-2H3. The number of likely N-dealkylation sites (tertiary alicyclic amines) is 1. The molecule has 1 fully saturated rings. The molecule has 2 rings (SSSR count). The number of aryl methyl sites for hydroxylation is 1. The van der Waals surface area contributed by atoms with E-state index in [-0.39, 0.29) is 6.10 Å². The van der Waals surface area contributed by atoms with Gasteiger partial charge in [0.15, 0.2) is 0 Å². The lowest BCUT2D eigenvalue weighted by atomic mass is 10.2. The molecule has 1 aliphatic rings. The monoisotopic (exact) mass is 248 g/mol. The Kier molecular flexibility index (Phi) is 4.48. The highest BCUT2D eigenvalue weighted by atomic mass is 16.5. The predicted molar refractivity (Wildman–Crippen MR) is 76.0 cm³/mol. The van der Waals surface area contributed by atoms with Crippen molar-refractivity contribution in [2.75, 3.05) is 25.4 Å². The van der Waals surface area contributed by atoms with Crippen LogP contribution in [-0.2, 0) is 0 Å². The number of benzene rings is 1. The van der Waals surface area contributed by atoms with E-state index in [1.807, 2.05) is 18.2 Å². The zero-order chi connectivity index (χ0) is 13.0. The summed E-state index contributed by atoms with van der Waals surface area (Å²) in [5.41, 5.74) is 7.84. The molecule has 18 heavy (non-hydrogen) atoms. The Balaban J connectivity index is 1.82. The Morgan fingerprint density at radius 1 is 1.33 bits per heavy atom. The molecule has 0 amide bonds. The van der Waals surface area contributed by atoms with Crippen molar-refractivity contribution >= 4 is 5.69 Å². The minimum atomic E-state index is 0.217. The van der Waals surface area contributed by atoms with Gasteiger partial charge in [-0.2, -0.15) is 0 Å². The summed E-state index contributed by atoms with van der Waals surface area (Å²) in [5.74, 6) is 0.823. The minimum absolute atomic E-state index is 0.217. The Labute approximate surface area is 110 Å².